The molecular formula is C22H29IN4O. The van der Waals surface area contributed by atoms with Crippen molar-refractivity contribution in [2.75, 3.05) is 18.9 Å². The molecule has 1 aliphatic rings. The number of nitrogens with one attached hydrogen (secondary N) is 3. The normalized spacial score (nSPS) is 15.0. The molecule has 2 aromatic carbocycles. The first-order valence-electron chi connectivity index (χ1n) is 9.48. The molecule has 150 valence electrons. The van der Waals surface area contributed by atoms with E-state index in [1.54, 1.807) is 7.05 Å². The van der Waals surface area contributed by atoms with Crippen LogP contribution in [0.1, 0.15) is 37.3 Å². The first kappa shape index (κ1) is 22.2. The highest BCUT2D eigenvalue weighted by Crippen LogP contribution is 2.43. The van der Waals surface area contributed by atoms with Gasteiger partial charge < -0.3 is 16.0 Å². The SMILES string of the molecule is CN=C(NCc1cccc(NC(C)=O)c1)NCC1(c2ccccc2)CCC1.I. The lowest BCUT2D eigenvalue weighted by Gasteiger charge is -2.43. The van der Waals surface area contributed by atoms with Crippen LogP contribution in [0.3, 0.4) is 0 Å². The van der Waals surface area contributed by atoms with Crippen molar-refractivity contribution in [2.24, 2.45) is 4.99 Å². The van der Waals surface area contributed by atoms with Crippen molar-refractivity contribution in [3.05, 3.63) is 65.7 Å². The number of aliphatic imine (C=N–C) groups is 1. The van der Waals surface area contributed by atoms with E-state index < -0.39 is 0 Å². The van der Waals surface area contributed by atoms with E-state index in [1.165, 1.54) is 31.7 Å². The van der Waals surface area contributed by atoms with Crippen molar-refractivity contribution in [3.63, 3.8) is 0 Å². The minimum absolute atomic E-state index is 0. The lowest BCUT2D eigenvalue weighted by molar-refractivity contribution is -0.114. The molecule has 0 aromatic heterocycles. The third-order valence-corrected chi connectivity index (χ3v) is 5.22. The molecule has 1 amide bonds. The average Bonchev–Trinajstić information content (AvgIpc) is 2.64. The van der Waals surface area contributed by atoms with Crippen LogP contribution in [0.5, 0.6) is 0 Å². The molecule has 0 spiro atoms. The molecule has 0 unspecified atom stereocenters. The average molecular weight is 492 g/mol. The number of amides is 1. The fourth-order valence-electron chi connectivity index (χ4n) is 3.58. The molecule has 0 radical (unpaired) electrons. The maximum atomic E-state index is 11.2. The predicted molar refractivity (Wildman–Crippen MR) is 126 cm³/mol. The molecule has 0 saturated heterocycles. The Labute approximate surface area is 184 Å². The third kappa shape index (κ3) is 5.70. The number of carbonyl (C=O) groups excluding carboxylic acids is 1. The van der Waals surface area contributed by atoms with Crippen LogP contribution in [0.15, 0.2) is 59.6 Å². The molecule has 1 aliphatic carbocycles. The van der Waals surface area contributed by atoms with Gasteiger partial charge in [-0.3, -0.25) is 9.79 Å². The summed E-state index contributed by atoms with van der Waals surface area (Å²) in [5, 5.41) is 9.67. The Morgan fingerprint density at radius 3 is 2.43 bits per heavy atom. The van der Waals surface area contributed by atoms with E-state index in [0.717, 1.165) is 23.8 Å². The highest BCUT2D eigenvalue weighted by molar-refractivity contribution is 14.0. The van der Waals surface area contributed by atoms with Crippen molar-refractivity contribution < 1.29 is 4.79 Å². The minimum Gasteiger partial charge on any atom is -0.356 e. The number of halogens is 1. The molecule has 0 bridgehead atoms. The van der Waals surface area contributed by atoms with Gasteiger partial charge in [0, 0.05) is 38.2 Å². The van der Waals surface area contributed by atoms with Gasteiger partial charge in [-0.15, -0.1) is 24.0 Å². The van der Waals surface area contributed by atoms with E-state index in [-0.39, 0.29) is 35.3 Å². The van der Waals surface area contributed by atoms with Crippen molar-refractivity contribution >= 4 is 41.5 Å². The Balaban J connectivity index is 0.00000280. The van der Waals surface area contributed by atoms with Gasteiger partial charge in [-0.1, -0.05) is 48.9 Å². The Bertz CT molecular complexity index is 803. The Kier molecular flexibility index (Phi) is 8.29. The summed E-state index contributed by atoms with van der Waals surface area (Å²) in [6.07, 6.45) is 3.69. The molecule has 3 rings (SSSR count). The van der Waals surface area contributed by atoms with Crippen LogP contribution in [-0.2, 0) is 16.8 Å². The summed E-state index contributed by atoms with van der Waals surface area (Å²) in [7, 11) is 1.79. The number of anilines is 1. The predicted octanol–water partition coefficient (Wildman–Crippen LogP) is 4.05. The molecule has 0 heterocycles. The van der Waals surface area contributed by atoms with E-state index in [2.05, 4.69) is 51.3 Å². The van der Waals surface area contributed by atoms with Gasteiger partial charge in [0.05, 0.1) is 0 Å². The summed E-state index contributed by atoms with van der Waals surface area (Å²) in [5.74, 6) is 0.728. The highest BCUT2D eigenvalue weighted by Gasteiger charge is 2.38. The zero-order valence-electron chi connectivity index (χ0n) is 16.5. The number of nitrogens with zero attached hydrogens (tertiary/aromatic N) is 1. The molecule has 3 N–H and O–H groups in total. The number of benzene rings is 2. The molecule has 6 heteroatoms. The number of hydrogen-bond donors (Lipinski definition) is 3. The first-order chi connectivity index (χ1) is 13.1. The number of guanidine groups is 1. The van der Waals surface area contributed by atoms with Crippen LogP contribution in [-0.4, -0.2) is 25.5 Å². The minimum atomic E-state index is -0.0655. The monoisotopic (exact) mass is 492 g/mol. The lowest BCUT2D eigenvalue weighted by Crippen LogP contribution is -2.48. The molecule has 1 saturated carbocycles. The smallest absolute Gasteiger partial charge is 0.221 e. The summed E-state index contributed by atoms with van der Waals surface area (Å²) < 4.78 is 0. The molecule has 5 nitrogen and oxygen atoms in total. The molecule has 28 heavy (non-hydrogen) atoms. The summed E-state index contributed by atoms with van der Waals surface area (Å²) in [6, 6.07) is 18.6. The quantitative estimate of drug-likeness (QED) is 0.324. The van der Waals surface area contributed by atoms with Crippen molar-refractivity contribution in [2.45, 2.75) is 38.1 Å². The van der Waals surface area contributed by atoms with Crippen molar-refractivity contribution in [1.82, 2.24) is 10.6 Å². The fraction of sp³-hybridized carbons (Fsp3) is 0.364. The Morgan fingerprint density at radius 1 is 1.07 bits per heavy atom. The van der Waals surface area contributed by atoms with E-state index in [0.29, 0.717) is 6.54 Å². The van der Waals surface area contributed by atoms with Crippen LogP contribution in [0.25, 0.3) is 0 Å². The van der Waals surface area contributed by atoms with Crippen LogP contribution in [0.4, 0.5) is 5.69 Å². The van der Waals surface area contributed by atoms with Crippen LogP contribution in [0.2, 0.25) is 0 Å². The highest BCUT2D eigenvalue weighted by atomic mass is 127. The standard InChI is InChI=1S/C22H28N4O.HI/c1-17(27)26-20-11-6-8-18(14-20)15-24-21(23-2)25-16-22(12-7-13-22)19-9-4-3-5-10-19;/h3-6,8-11,14H,7,12-13,15-16H2,1-2H3,(H,26,27)(H2,23,24,25);1H. The topological polar surface area (TPSA) is 65.5 Å². The second-order valence-corrected chi connectivity index (χ2v) is 7.16. The van der Waals surface area contributed by atoms with E-state index >= 15 is 0 Å². The van der Waals surface area contributed by atoms with Gasteiger partial charge in [-0.05, 0) is 36.1 Å². The van der Waals surface area contributed by atoms with Crippen LogP contribution in [0, 0.1) is 0 Å². The zero-order chi connectivity index (χ0) is 19.1. The van der Waals surface area contributed by atoms with Gasteiger partial charge in [0.15, 0.2) is 5.96 Å². The lowest BCUT2D eigenvalue weighted by atomic mass is 9.64. The number of carbonyl (C=O) groups is 1. The molecule has 0 atom stereocenters. The Morgan fingerprint density at radius 2 is 1.82 bits per heavy atom. The van der Waals surface area contributed by atoms with E-state index in [9.17, 15) is 4.79 Å². The fourth-order valence-corrected chi connectivity index (χ4v) is 3.58. The van der Waals surface area contributed by atoms with Crippen LogP contribution < -0.4 is 16.0 Å². The molecular weight excluding hydrogens is 463 g/mol. The van der Waals surface area contributed by atoms with Gasteiger partial charge in [0.1, 0.15) is 0 Å². The largest absolute Gasteiger partial charge is 0.356 e. The van der Waals surface area contributed by atoms with Gasteiger partial charge >= 0.3 is 0 Å². The summed E-state index contributed by atoms with van der Waals surface area (Å²) in [5.41, 5.74) is 3.51. The van der Waals surface area contributed by atoms with Gasteiger partial charge in [-0.2, -0.15) is 0 Å². The maximum Gasteiger partial charge on any atom is 0.221 e. The number of rotatable bonds is 6. The maximum absolute atomic E-state index is 11.2. The second kappa shape index (κ2) is 10.5. The van der Waals surface area contributed by atoms with Crippen LogP contribution >= 0.6 is 24.0 Å². The molecule has 0 aliphatic heterocycles. The van der Waals surface area contributed by atoms with E-state index in [1.807, 2.05) is 24.3 Å². The Hall–Kier alpha value is -2.09. The zero-order valence-corrected chi connectivity index (χ0v) is 18.8. The summed E-state index contributed by atoms with van der Waals surface area (Å²) in [4.78, 5) is 15.6. The second-order valence-electron chi connectivity index (χ2n) is 7.16. The first-order valence-corrected chi connectivity index (χ1v) is 9.48. The van der Waals surface area contributed by atoms with Crippen molar-refractivity contribution in [1.29, 1.82) is 0 Å². The molecule has 1 fully saturated rings. The van der Waals surface area contributed by atoms with Gasteiger partial charge in [0.25, 0.3) is 0 Å². The van der Waals surface area contributed by atoms with Gasteiger partial charge in [0.2, 0.25) is 5.91 Å². The number of hydrogen-bond acceptors (Lipinski definition) is 2. The summed E-state index contributed by atoms with van der Waals surface area (Å²) in [6.45, 7) is 3.04. The van der Waals surface area contributed by atoms with Crippen molar-refractivity contribution in [3.8, 4) is 0 Å². The molecule has 2 aromatic rings. The van der Waals surface area contributed by atoms with Gasteiger partial charge in [-0.25, -0.2) is 0 Å². The summed E-state index contributed by atoms with van der Waals surface area (Å²) >= 11 is 0. The van der Waals surface area contributed by atoms with E-state index in [4.69, 9.17) is 0 Å². The third-order valence-electron chi connectivity index (χ3n) is 5.22.